The third-order valence-electron chi connectivity index (χ3n) is 1.47. The van der Waals surface area contributed by atoms with Crippen molar-refractivity contribution in [3.8, 4) is 0 Å². The van der Waals surface area contributed by atoms with Gasteiger partial charge in [0, 0.05) is 6.20 Å². The van der Waals surface area contributed by atoms with Crippen LogP contribution in [0.15, 0.2) is 17.8 Å². The molecule has 4 nitrogen and oxygen atoms in total. The van der Waals surface area contributed by atoms with Gasteiger partial charge in [0.2, 0.25) is 5.91 Å². The molecule has 0 atom stereocenters. The summed E-state index contributed by atoms with van der Waals surface area (Å²) in [6.07, 6.45) is 1.46. The number of rotatable bonds is 1. The maximum Gasteiger partial charge on any atom is 0.250 e. The zero-order chi connectivity index (χ0) is 8.55. The maximum absolute atomic E-state index is 10.7. The predicted molar refractivity (Wildman–Crippen MR) is 45.9 cm³/mol. The number of primary amides is 1. The maximum atomic E-state index is 10.7. The third kappa shape index (κ3) is 1.04. The summed E-state index contributed by atoms with van der Waals surface area (Å²) < 4.78 is 0. The summed E-state index contributed by atoms with van der Waals surface area (Å²) in [5.41, 5.74) is 7.87. The van der Waals surface area contributed by atoms with E-state index in [1.54, 1.807) is 11.6 Å². The fraction of sp³-hybridized carbons (Fsp3) is 0. The van der Waals surface area contributed by atoms with Crippen molar-refractivity contribution >= 4 is 27.6 Å². The van der Waals surface area contributed by atoms with Gasteiger partial charge in [-0.3, -0.25) is 4.79 Å². The van der Waals surface area contributed by atoms with Crippen LogP contribution >= 0.6 is 11.3 Å². The van der Waals surface area contributed by atoms with E-state index in [-0.39, 0.29) is 0 Å². The minimum Gasteiger partial charge on any atom is -0.366 e. The van der Waals surface area contributed by atoms with Crippen molar-refractivity contribution in [2.24, 2.45) is 5.73 Å². The Morgan fingerprint density at radius 2 is 2.33 bits per heavy atom. The number of hydrogen-bond acceptors (Lipinski definition) is 4. The van der Waals surface area contributed by atoms with Gasteiger partial charge in [-0.15, -0.1) is 11.3 Å². The van der Waals surface area contributed by atoms with Gasteiger partial charge in [-0.05, 0) is 6.07 Å². The first kappa shape index (κ1) is 7.17. The second-order valence-electron chi connectivity index (χ2n) is 2.26. The van der Waals surface area contributed by atoms with Gasteiger partial charge >= 0.3 is 0 Å². The standard InChI is InChI=1S/C7H5N3OS/c8-6(11)4-1-5-7(9-2-4)12-3-10-5/h1-3H,(H2,8,11). The number of thiazole rings is 1. The smallest absolute Gasteiger partial charge is 0.250 e. The minimum atomic E-state index is -0.475. The van der Waals surface area contributed by atoms with Crippen molar-refractivity contribution in [2.45, 2.75) is 0 Å². The van der Waals surface area contributed by atoms with Gasteiger partial charge in [0.1, 0.15) is 10.3 Å². The van der Waals surface area contributed by atoms with E-state index in [4.69, 9.17) is 5.73 Å². The molecule has 5 heteroatoms. The number of aromatic nitrogens is 2. The van der Waals surface area contributed by atoms with Crippen LogP contribution in [0.1, 0.15) is 10.4 Å². The lowest BCUT2D eigenvalue weighted by Crippen LogP contribution is -2.10. The molecule has 0 bridgehead atoms. The molecule has 0 fully saturated rings. The molecule has 2 aromatic heterocycles. The molecule has 2 rings (SSSR count). The van der Waals surface area contributed by atoms with E-state index in [2.05, 4.69) is 9.97 Å². The molecule has 60 valence electrons. The van der Waals surface area contributed by atoms with E-state index in [1.807, 2.05) is 0 Å². The average molecular weight is 179 g/mol. The number of carbonyl (C=O) groups is 1. The fourth-order valence-electron chi connectivity index (χ4n) is 0.892. The summed E-state index contributed by atoms with van der Waals surface area (Å²) in [4.78, 5) is 19.6. The van der Waals surface area contributed by atoms with Crippen LogP contribution in [0.25, 0.3) is 10.3 Å². The monoisotopic (exact) mass is 179 g/mol. The first-order valence-corrected chi connectivity index (χ1v) is 4.14. The number of carbonyl (C=O) groups excluding carboxylic acids is 1. The Hall–Kier alpha value is -1.49. The van der Waals surface area contributed by atoms with Gasteiger partial charge in [0.15, 0.2) is 0 Å². The van der Waals surface area contributed by atoms with E-state index >= 15 is 0 Å². The Labute approximate surface area is 72.1 Å². The lowest BCUT2D eigenvalue weighted by atomic mass is 10.3. The van der Waals surface area contributed by atoms with Crippen LogP contribution < -0.4 is 5.73 Å². The minimum absolute atomic E-state index is 0.397. The molecule has 0 aliphatic heterocycles. The van der Waals surface area contributed by atoms with Crippen LogP contribution in [0.2, 0.25) is 0 Å². The third-order valence-corrected chi connectivity index (χ3v) is 2.22. The Balaban J connectivity index is 2.68. The Bertz CT molecular complexity index is 437. The van der Waals surface area contributed by atoms with E-state index in [0.29, 0.717) is 5.56 Å². The van der Waals surface area contributed by atoms with E-state index in [0.717, 1.165) is 10.3 Å². The summed E-state index contributed by atoms with van der Waals surface area (Å²) in [7, 11) is 0. The van der Waals surface area contributed by atoms with Crippen molar-refractivity contribution in [1.29, 1.82) is 0 Å². The van der Waals surface area contributed by atoms with Crippen molar-refractivity contribution in [1.82, 2.24) is 9.97 Å². The summed E-state index contributed by atoms with van der Waals surface area (Å²) >= 11 is 1.43. The molecular weight excluding hydrogens is 174 g/mol. The normalized spacial score (nSPS) is 10.3. The molecule has 2 aromatic rings. The molecule has 0 aliphatic carbocycles. The highest BCUT2D eigenvalue weighted by molar-refractivity contribution is 7.16. The largest absolute Gasteiger partial charge is 0.366 e. The number of amides is 1. The topological polar surface area (TPSA) is 68.9 Å². The molecular formula is C7H5N3OS. The molecule has 0 saturated heterocycles. The molecule has 12 heavy (non-hydrogen) atoms. The first-order valence-electron chi connectivity index (χ1n) is 3.26. The summed E-state index contributed by atoms with van der Waals surface area (Å²) in [5.74, 6) is -0.475. The van der Waals surface area contributed by atoms with Crippen LogP contribution in [0.5, 0.6) is 0 Å². The van der Waals surface area contributed by atoms with Crippen molar-refractivity contribution in [3.05, 3.63) is 23.3 Å². The highest BCUT2D eigenvalue weighted by atomic mass is 32.1. The van der Waals surface area contributed by atoms with Crippen molar-refractivity contribution in [3.63, 3.8) is 0 Å². The van der Waals surface area contributed by atoms with Gasteiger partial charge in [0.25, 0.3) is 0 Å². The van der Waals surface area contributed by atoms with Gasteiger partial charge in [-0.25, -0.2) is 9.97 Å². The number of hydrogen-bond donors (Lipinski definition) is 1. The summed E-state index contributed by atoms with van der Waals surface area (Å²) in [6, 6.07) is 1.64. The predicted octanol–water partition coefficient (Wildman–Crippen LogP) is 0.790. The van der Waals surface area contributed by atoms with Crippen LogP contribution in [0.3, 0.4) is 0 Å². The summed E-state index contributed by atoms with van der Waals surface area (Å²) in [5, 5.41) is 0. The Kier molecular flexibility index (Phi) is 1.51. The molecule has 0 aliphatic rings. The molecule has 2 heterocycles. The second kappa shape index (κ2) is 2.53. The number of fused-ring (bicyclic) bond motifs is 1. The zero-order valence-corrected chi connectivity index (χ0v) is 6.84. The lowest BCUT2D eigenvalue weighted by Gasteiger charge is -1.92. The quantitative estimate of drug-likeness (QED) is 0.703. The molecule has 0 unspecified atom stereocenters. The molecule has 0 spiro atoms. The van der Waals surface area contributed by atoms with E-state index in [9.17, 15) is 4.79 Å². The first-order chi connectivity index (χ1) is 5.77. The van der Waals surface area contributed by atoms with Crippen LogP contribution in [-0.2, 0) is 0 Å². The van der Waals surface area contributed by atoms with E-state index in [1.165, 1.54) is 17.5 Å². The molecule has 0 aromatic carbocycles. The number of pyridine rings is 1. The zero-order valence-electron chi connectivity index (χ0n) is 6.02. The van der Waals surface area contributed by atoms with Crippen LogP contribution in [0.4, 0.5) is 0 Å². The van der Waals surface area contributed by atoms with Gasteiger partial charge in [-0.1, -0.05) is 0 Å². The lowest BCUT2D eigenvalue weighted by molar-refractivity contribution is 0.1000. The average Bonchev–Trinajstić information content (AvgIpc) is 2.49. The molecule has 0 radical (unpaired) electrons. The summed E-state index contributed by atoms with van der Waals surface area (Å²) in [6.45, 7) is 0. The Morgan fingerprint density at radius 3 is 3.08 bits per heavy atom. The van der Waals surface area contributed by atoms with Crippen molar-refractivity contribution < 1.29 is 4.79 Å². The number of nitrogens with zero attached hydrogens (tertiary/aromatic N) is 2. The van der Waals surface area contributed by atoms with E-state index < -0.39 is 5.91 Å². The highest BCUT2D eigenvalue weighted by Gasteiger charge is 2.03. The SMILES string of the molecule is NC(=O)c1cnc2scnc2c1. The second-order valence-corrected chi connectivity index (χ2v) is 3.10. The van der Waals surface area contributed by atoms with Gasteiger partial charge in [0.05, 0.1) is 11.1 Å². The van der Waals surface area contributed by atoms with Gasteiger partial charge in [-0.2, -0.15) is 0 Å². The number of nitrogens with two attached hydrogens (primary N) is 1. The molecule has 2 N–H and O–H groups in total. The Morgan fingerprint density at radius 1 is 1.50 bits per heavy atom. The van der Waals surface area contributed by atoms with Gasteiger partial charge < -0.3 is 5.73 Å². The molecule has 0 saturated carbocycles. The van der Waals surface area contributed by atoms with Crippen molar-refractivity contribution in [2.75, 3.05) is 0 Å². The van der Waals surface area contributed by atoms with Crippen LogP contribution in [0, 0.1) is 0 Å². The van der Waals surface area contributed by atoms with Crippen LogP contribution in [-0.4, -0.2) is 15.9 Å². The molecule has 1 amide bonds. The fourth-order valence-corrected chi connectivity index (χ4v) is 1.50. The highest BCUT2D eigenvalue weighted by Crippen LogP contribution is 2.15.